The lowest BCUT2D eigenvalue weighted by atomic mass is 10.1. The first-order valence-electron chi connectivity index (χ1n) is 3.64. The van der Waals surface area contributed by atoms with Crippen LogP contribution in [-0.4, -0.2) is 11.5 Å². The van der Waals surface area contributed by atoms with Gasteiger partial charge in [-0.25, -0.2) is 4.98 Å². The minimum atomic E-state index is 0.283. The van der Waals surface area contributed by atoms with Gasteiger partial charge >= 0.3 is 0 Å². The van der Waals surface area contributed by atoms with Crippen molar-refractivity contribution in [2.75, 3.05) is 11.9 Å². The smallest absolute Gasteiger partial charge is 0.148 e. The first-order chi connectivity index (χ1) is 5.83. The zero-order chi connectivity index (χ0) is 8.55. The molecule has 0 fully saturated rings. The summed E-state index contributed by atoms with van der Waals surface area (Å²) in [5, 5.41) is 12.2. The molecule has 1 aliphatic heterocycles. The van der Waals surface area contributed by atoms with Crippen molar-refractivity contribution < 1.29 is 0 Å². The Kier molecular flexibility index (Phi) is 1.63. The molecule has 0 bridgehead atoms. The molecule has 1 aromatic rings. The second kappa shape index (κ2) is 2.65. The average Bonchev–Trinajstić information content (AvgIpc) is 2.52. The van der Waals surface area contributed by atoms with Crippen molar-refractivity contribution in [1.82, 2.24) is 4.98 Å². The highest BCUT2D eigenvalue weighted by atomic mass is 35.5. The highest BCUT2D eigenvalue weighted by Gasteiger charge is 2.17. The van der Waals surface area contributed by atoms with Crippen LogP contribution in [0.15, 0.2) is 6.20 Å². The maximum Gasteiger partial charge on any atom is 0.148 e. The fourth-order valence-corrected chi connectivity index (χ4v) is 1.53. The van der Waals surface area contributed by atoms with Crippen LogP contribution in [0.2, 0.25) is 5.15 Å². The minimum Gasteiger partial charge on any atom is -0.383 e. The molecule has 0 amide bonds. The predicted octanol–water partition coefficient (Wildman–Crippen LogP) is 1.57. The molecule has 0 saturated heterocycles. The number of pyridine rings is 1. The molecule has 0 saturated carbocycles. The van der Waals surface area contributed by atoms with Crippen LogP contribution in [0.5, 0.6) is 0 Å². The Morgan fingerprint density at radius 1 is 1.67 bits per heavy atom. The topological polar surface area (TPSA) is 48.7 Å². The van der Waals surface area contributed by atoms with Gasteiger partial charge < -0.3 is 5.32 Å². The average molecular weight is 180 g/mol. The number of fused-ring (bicyclic) bond motifs is 1. The Hall–Kier alpha value is -1.27. The number of nitrogens with zero attached hydrogens (tertiary/aromatic N) is 2. The standard InChI is InChI=1S/C8H6ClN3/c9-8-6(3-10)7-5(4-12-8)1-2-11-7/h4,11H,1-2H2. The normalized spacial score (nSPS) is 13.3. The predicted molar refractivity (Wildman–Crippen MR) is 46.2 cm³/mol. The molecular weight excluding hydrogens is 174 g/mol. The number of aromatic nitrogens is 1. The van der Waals surface area contributed by atoms with E-state index in [4.69, 9.17) is 16.9 Å². The van der Waals surface area contributed by atoms with Gasteiger partial charge in [0.1, 0.15) is 16.8 Å². The van der Waals surface area contributed by atoms with Crippen LogP contribution in [0.3, 0.4) is 0 Å². The first-order valence-corrected chi connectivity index (χ1v) is 4.02. The zero-order valence-electron chi connectivity index (χ0n) is 6.26. The number of rotatable bonds is 0. The van der Waals surface area contributed by atoms with E-state index in [0.717, 1.165) is 24.2 Å². The fourth-order valence-electron chi connectivity index (χ4n) is 1.34. The lowest BCUT2D eigenvalue weighted by Crippen LogP contribution is -1.94. The van der Waals surface area contributed by atoms with Crippen molar-refractivity contribution in [3.63, 3.8) is 0 Å². The van der Waals surface area contributed by atoms with E-state index in [9.17, 15) is 0 Å². The van der Waals surface area contributed by atoms with Gasteiger partial charge in [0, 0.05) is 12.7 Å². The van der Waals surface area contributed by atoms with E-state index in [1.807, 2.05) is 6.07 Å². The Bertz CT molecular complexity index is 367. The number of hydrogen-bond acceptors (Lipinski definition) is 3. The molecule has 0 radical (unpaired) electrons. The van der Waals surface area contributed by atoms with E-state index in [1.165, 1.54) is 0 Å². The highest BCUT2D eigenvalue weighted by molar-refractivity contribution is 6.31. The lowest BCUT2D eigenvalue weighted by molar-refractivity contribution is 1.09. The van der Waals surface area contributed by atoms with Gasteiger partial charge in [0.05, 0.1) is 5.69 Å². The Morgan fingerprint density at radius 3 is 3.25 bits per heavy atom. The van der Waals surface area contributed by atoms with E-state index >= 15 is 0 Å². The van der Waals surface area contributed by atoms with Gasteiger partial charge in [0.15, 0.2) is 0 Å². The molecule has 60 valence electrons. The molecule has 12 heavy (non-hydrogen) atoms. The summed E-state index contributed by atoms with van der Waals surface area (Å²) < 4.78 is 0. The summed E-state index contributed by atoms with van der Waals surface area (Å²) in [7, 11) is 0. The van der Waals surface area contributed by atoms with Crippen molar-refractivity contribution in [1.29, 1.82) is 5.26 Å². The Labute approximate surface area is 75.0 Å². The minimum absolute atomic E-state index is 0.283. The molecule has 2 heterocycles. The monoisotopic (exact) mass is 179 g/mol. The molecule has 2 rings (SSSR count). The molecule has 0 aliphatic carbocycles. The van der Waals surface area contributed by atoms with Crippen LogP contribution in [-0.2, 0) is 6.42 Å². The summed E-state index contributed by atoms with van der Waals surface area (Å²) in [6.45, 7) is 0.867. The van der Waals surface area contributed by atoms with Crippen LogP contribution in [0.4, 0.5) is 5.69 Å². The number of nitriles is 1. The molecular formula is C8H6ClN3. The van der Waals surface area contributed by atoms with E-state index in [1.54, 1.807) is 6.20 Å². The second-order valence-electron chi connectivity index (χ2n) is 2.61. The summed E-state index contributed by atoms with van der Waals surface area (Å²) in [6.07, 6.45) is 2.65. The van der Waals surface area contributed by atoms with Gasteiger partial charge in [-0.1, -0.05) is 11.6 Å². The zero-order valence-corrected chi connectivity index (χ0v) is 7.02. The molecule has 1 N–H and O–H groups in total. The van der Waals surface area contributed by atoms with Crippen LogP contribution >= 0.6 is 11.6 Å². The molecule has 4 heteroatoms. The summed E-state index contributed by atoms with van der Waals surface area (Å²) >= 11 is 5.73. The fraction of sp³-hybridized carbons (Fsp3) is 0.250. The molecule has 1 aromatic heterocycles. The van der Waals surface area contributed by atoms with Gasteiger partial charge in [-0.2, -0.15) is 5.26 Å². The maximum atomic E-state index is 8.77. The summed E-state index contributed by atoms with van der Waals surface area (Å²) in [6, 6.07) is 2.04. The van der Waals surface area contributed by atoms with Crippen molar-refractivity contribution in [2.45, 2.75) is 6.42 Å². The quantitative estimate of drug-likeness (QED) is 0.615. The molecule has 3 nitrogen and oxygen atoms in total. The number of nitrogens with one attached hydrogen (secondary N) is 1. The summed E-state index contributed by atoms with van der Waals surface area (Å²) in [5.74, 6) is 0. The van der Waals surface area contributed by atoms with Crippen molar-refractivity contribution >= 4 is 17.3 Å². The molecule has 0 aromatic carbocycles. The third kappa shape index (κ3) is 0.926. The van der Waals surface area contributed by atoms with E-state index in [0.29, 0.717) is 5.56 Å². The number of halogens is 1. The van der Waals surface area contributed by atoms with Crippen molar-refractivity contribution in [3.8, 4) is 6.07 Å². The maximum absolute atomic E-state index is 8.77. The largest absolute Gasteiger partial charge is 0.383 e. The number of hydrogen-bond donors (Lipinski definition) is 1. The van der Waals surface area contributed by atoms with Gasteiger partial charge in [-0.05, 0) is 12.0 Å². The van der Waals surface area contributed by atoms with Crippen LogP contribution < -0.4 is 5.32 Å². The summed E-state index contributed by atoms with van der Waals surface area (Å²) in [5.41, 5.74) is 2.40. The first kappa shape index (κ1) is 7.38. The molecule has 0 unspecified atom stereocenters. The van der Waals surface area contributed by atoms with Crippen LogP contribution in [0.25, 0.3) is 0 Å². The lowest BCUT2D eigenvalue weighted by Gasteiger charge is -2.01. The second-order valence-corrected chi connectivity index (χ2v) is 2.97. The van der Waals surface area contributed by atoms with Gasteiger partial charge in [0.2, 0.25) is 0 Å². The Balaban J connectivity index is 2.67. The van der Waals surface area contributed by atoms with E-state index in [2.05, 4.69) is 10.3 Å². The van der Waals surface area contributed by atoms with Gasteiger partial charge in [-0.15, -0.1) is 0 Å². The SMILES string of the molecule is N#Cc1c(Cl)ncc2c1NCC2. The number of anilines is 1. The van der Waals surface area contributed by atoms with Gasteiger partial charge in [0.25, 0.3) is 0 Å². The molecule has 1 aliphatic rings. The van der Waals surface area contributed by atoms with Crippen molar-refractivity contribution in [2.24, 2.45) is 0 Å². The molecule has 0 atom stereocenters. The molecule has 0 spiro atoms. The highest BCUT2D eigenvalue weighted by Crippen LogP contribution is 2.29. The van der Waals surface area contributed by atoms with E-state index < -0.39 is 0 Å². The van der Waals surface area contributed by atoms with Crippen LogP contribution in [0.1, 0.15) is 11.1 Å². The Morgan fingerprint density at radius 2 is 2.50 bits per heavy atom. The summed E-state index contributed by atoms with van der Waals surface area (Å²) in [4.78, 5) is 3.92. The van der Waals surface area contributed by atoms with Crippen molar-refractivity contribution in [3.05, 3.63) is 22.5 Å². The van der Waals surface area contributed by atoms with E-state index in [-0.39, 0.29) is 5.15 Å². The third-order valence-electron chi connectivity index (χ3n) is 1.92. The van der Waals surface area contributed by atoms with Crippen LogP contribution in [0, 0.1) is 11.3 Å². The van der Waals surface area contributed by atoms with Gasteiger partial charge in [-0.3, -0.25) is 0 Å². The third-order valence-corrected chi connectivity index (χ3v) is 2.21.